The van der Waals surface area contributed by atoms with Crippen LogP contribution in [0.1, 0.15) is 18.9 Å². The number of anilines is 1. The maximum Gasteiger partial charge on any atom is 0.311 e. The number of nitrogens with zero attached hydrogens (tertiary/aromatic N) is 1. The van der Waals surface area contributed by atoms with Gasteiger partial charge in [0, 0.05) is 18.2 Å². The third-order valence-corrected chi connectivity index (χ3v) is 3.47. The number of hydrogen-bond donors (Lipinski definition) is 0. The highest BCUT2D eigenvalue weighted by Gasteiger charge is 2.42. The molecule has 1 aliphatic rings. The Kier molecular flexibility index (Phi) is 3.36. The van der Waals surface area contributed by atoms with E-state index in [4.69, 9.17) is 4.74 Å². The van der Waals surface area contributed by atoms with Crippen LogP contribution in [0.4, 0.5) is 5.69 Å². The molecule has 4 heteroatoms. The number of carbonyl (C=O) groups is 2. The Labute approximate surface area is 107 Å². The second kappa shape index (κ2) is 4.80. The molecule has 1 amide bonds. The highest BCUT2D eigenvalue weighted by molar-refractivity contribution is 6.00. The van der Waals surface area contributed by atoms with Crippen LogP contribution in [0.3, 0.4) is 0 Å². The van der Waals surface area contributed by atoms with Gasteiger partial charge in [0.05, 0.1) is 13.0 Å². The lowest BCUT2D eigenvalue weighted by atomic mass is 10.0. The Morgan fingerprint density at radius 2 is 1.94 bits per heavy atom. The minimum absolute atomic E-state index is 0.0262. The first-order valence-electron chi connectivity index (χ1n) is 6.01. The number of hydrogen-bond acceptors (Lipinski definition) is 3. The van der Waals surface area contributed by atoms with Gasteiger partial charge in [-0.05, 0) is 26.0 Å². The number of benzene rings is 1. The van der Waals surface area contributed by atoms with Gasteiger partial charge in [-0.3, -0.25) is 9.59 Å². The van der Waals surface area contributed by atoms with Gasteiger partial charge in [0.15, 0.2) is 0 Å². The summed E-state index contributed by atoms with van der Waals surface area (Å²) in [5, 5.41) is 0. The zero-order valence-electron chi connectivity index (χ0n) is 10.8. The molecular formula is C14H17NO3. The van der Waals surface area contributed by atoms with Gasteiger partial charge in [0.1, 0.15) is 0 Å². The minimum atomic E-state index is -0.371. The molecule has 4 nitrogen and oxygen atoms in total. The molecule has 1 heterocycles. The highest BCUT2D eigenvalue weighted by Crippen LogP contribution is 2.31. The van der Waals surface area contributed by atoms with Crippen molar-refractivity contribution in [1.29, 1.82) is 0 Å². The van der Waals surface area contributed by atoms with Crippen LogP contribution in [0.5, 0.6) is 0 Å². The molecule has 0 radical (unpaired) electrons. The number of amides is 1. The molecule has 0 aliphatic carbocycles. The lowest BCUT2D eigenvalue weighted by molar-refractivity contribution is -0.146. The second-order valence-electron chi connectivity index (χ2n) is 4.67. The predicted molar refractivity (Wildman–Crippen MR) is 68.3 cm³/mol. The molecule has 0 aromatic heterocycles. The largest absolute Gasteiger partial charge is 0.469 e. The third-order valence-electron chi connectivity index (χ3n) is 3.47. The summed E-state index contributed by atoms with van der Waals surface area (Å²) >= 11 is 0. The fourth-order valence-electron chi connectivity index (χ4n) is 2.38. The summed E-state index contributed by atoms with van der Waals surface area (Å²) in [4.78, 5) is 25.3. The molecule has 1 aromatic rings. The van der Waals surface area contributed by atoms with E-state index in [-0.39, 0.29) is 30.3 Å². The van der Waals surface area contributed by atoms with Gasteiger partial charge in [-0.1, -0.05) is 17.7 Å². The Hall–Kier alpha value is -1.84. The molecule has 0 saturated carbocycles. The van der Waals surface area contributed by atoms with E-state index in [1.165, 1.54) is 7.11 Å². The molecule has 1 fully saturated rings. The zero-order chi connectivity index (χ0) is 13.3. The van der Waals surface area contributed by atoms with E-state index < -0.39 is 0 Å². The van der Waals surface area contributed by atoms with Gasteiger partial charge >= 0.3 is 5.97 Å². The molecule has 96 valence electrons. The summed E-state index contributed by atoms with van der Waals surface area (Å²) in [6.45, 7) is 3.88. The Morgan fingerprint density at radius 1 is 1.33 bits per heavy atom. The fourth-order valence-corrected chi connectivity index (χ4v) is 2.38. The van der Waals surface area contributed by atoms with Gasteiger partial charge in [0.2, 0.25) is 5.91 Å². The molecule has 2 atom stereocenters. The lowest BCUT2D eigenvalue weighted by Crippen LogP contribution is -2.35. The summed E-state index contributed by atoms with van der Waals surface area (Å²) in [5.41, 5.74) is 1.98. The van der Waals surface area contributed by atoms with E-state index in [1.807, 2.05) is 38.1 Å². The van der Waals surface area contributed by atoms with Crippen molar-refractivity contribution in [2.24, 2.45) is 5.92 Å². The summed E-state index contributed by atoms with van der Waals surface area (Å²) in [5.74, 6) is -0.712. The first kappa shape index (κ1) is 12.6. The average molecular weight is 247 g/mol. The maximum absolute atomic E-state index is 12.0. The zero-order valence-corrected chi connectivity index (χ0v) is 10.8. The molecule has 18 heavy (non-hydrogen) atoms. The summed E-state index contributed by atoms with van der Waals surface area (Å²) in [6.07, 6.45) is 0.224. The molecule has 2 rings (SSSR count). The standard InChI is InChI=1S/C14H17NO3/c1-9-4-6-11(7-5-9)15-10(2)12(8-13(15)16)14(17)18-3/h4-7,10,12H,8H2,1-3H3. The monoisotopic (exact) mass is 247 g/mol. The highest BCUT2D eigenvalue weighted by atomic mass is 16.5. The lowest BCUT2D eigenvalue weighted by Gasteiger charge is -2.24. The van der Waals surface area contributed by atoms with Crippen molar-refractivity contribution in [3.05, 3.63) is 29.8 Å². The van der Waals surface area contributed by atoms with Crippen molar-refractivity contribution < 1.29 is 14.3 Å². The van der Waals surface area contributed by atoms with Crippen molar-refractivity contribution >= 4 is 17.6 Å². The normalized spacial score (nSPS) is 23.3. The van der Waals surface area contributed by atoms with Crippen molar-refractivity contribution in [1.82, 2.24) is 0 Å². The Balaban J connectivity index is 2.26. The van der Waals surface area contributed by atoms with E-state index in [9.17, 15) is 9.59 Å². The minimum Gasteiger partial charge on any atom is -0.469 e. The average Bonchev–Trinajstić information content (AvgIpc) is 2.65. The Morgan fingerprint density at radius 3 is 2.50 bits per heavy atom. The van der Waals surface area contributed by atoms with Gasteiger partial charge in [0.25, 0.3) is 0 Å². The Bertz CT molecular complexity index is 466. The summed E-state index contributed by atoms with van der Waals surface area (Å²) in [7, 11) is 1.36. The van der Waals surface area contributed by atoms with Gasteiger partial charge in [-0.2, -0.15) is 0 Å². The number of rotatable bonds is 2. The van der Waals surface area contributed by atoms with Crippen LogP contribution in [0.15, 0.2) is 24.3 Å². The molecule has 2 unspecified atom stereocenters. The number of methoxy groups -OCH3 is 1. The number of ether oxygens (including phenoxy) is 1. The molecule has 1 saturated heterocycles. The van der Waals surface area contributed by atoms with Crippen LogP contribution in [-0.2, 0) is 14.3 Å². The van der Waals surface area contributed by atoms with Crippen LogP contribution >= 0.6 is 0 Å². The summed E-state index contributed by atoms with van der Waals surface area (Å²) < 4.78 is 4.74. The molecule has 0 N–H and O–H groups in total. The number of esters is 1. The van der Waals surface area contributed by atoms with Crippen LogP contribution < -0.4 is 4.90 Å². The molecule has 1 aliphatic heterocycles. The fraction of sp³-hybridized carbons (Fsp3) is 0.429. The first-order chi connectivity index (χ1) is 8.54. The summed E-state index contributed by atoms with van der Waals surface area (Å²) in [6, 6.07) is 7.57. The topological polar surface area (TPSA) is 46.6 Å². The number of carbonyl (C=O) groups excluding carboxylic acids is 2. The van der Waals surface area contributed by atoms with Crippen molar-refractivity contribution in [3.63, 3.8) is 0 Å². The van der Waals surface area contributed by atoms with Gasteiger partial charge < -0.3 is 9.64 Å². The van der Waals surface area contributed by atoms with Crippen molar-refractivity contribution in [3.8, 4) is 0 Å². The van der Waals surface area contributed by atoms with Crippen molar-refractivity contribution in [2.75, 3.05) is 12.0 Å². The van der Waals surface area contributed by atoms with Crippen LogP contribution in [0, 0.1) is 12.8 Å². The number of aryl methyl sites for hydroxylation is 1. The van der Waals surface area contributed by atoms with Crippen LogP contribution in [0.2, 0.25) is 0 Å². The van der Waals surface area contributed by atoms with E-state index in [0.717, 1.165) is 11.3 Å². The van der Waals surface area contributed by atoms with Crippen LogP contribution in [-0.4, -0.2) is 25.0 Å². The third kappa shape index (κ3) is 2.10. The predicted octanol–water partition coefficient (Wildman–Crippen LogP) is 1.91. The smallest absolute Gasteiger partial charge is 0.311 e. The second-order valence-corrected chi connectivity index (χ2v) is 4.67. The quantitative estimate of drug-likeness (QED) is 0.750. The maximum atomic E-state index is 12.0. The SMILES string of the molecule is COC(=O)C1CC(=O)N(c2ccc(C)cc2)C1C. The molecule has 0 spiro atoms. The first-order valence-corrected chi connectivity index (χ1v) is 6.01. The van der Waals surface area contributed by atoms with Gasteiger partial charge in [-0.25, -0.2) is 0 Å². The van der Waals surface area contributed by atoms with E-state index in [0.29, 0.717) is 0 Å². The molecule has 0 bridgehead atoms. The van der Waals surface area contributed by atoms with Crippen LogP contribution in [0.25, 0.3) is 0 Å². The van der Waals surface area contributed by atoms with E-state index >= 15 is 0 Å². The van der Waals surface area contributed by atoms with E-state index in [2.05, 4.69) is 0 Å². The van der Waals surface area contributed by atoms with Gasteiger partial charge in [-0.15, -0.1) is 0 Å². The van der Waals surface area contributed by atoms with Crippen molar-refractivity contribution in [2.45, 2.75) is 26.3 Å². The molecular weight excluding hydrogens is 230 g/mol. The molecule has 1 aromatic carbocycles. The van der Waals surface area contributed by atoms with E-state index in [1.54, 1.807) is 4.90 Å².